The van der Waals surface area contributed by atoms with E-state index in [4.69, 9.17) is 4.74 Å². The Bertz CT molecular complexity index is 614. The molecule has 0 saturated heterocycles. The van der Waals surface area contributed by atoms with Gasteiger partial charge in [0.2, 0.25) is 5.91 Å². The van der Waals surface area contributed by atoms with Gasteiger partial charge >= 0.3 is 0 Å². The summed E-state index contributed by atoms with van der Waals surface area (Å²) in [6.45, 7) is 3.48. The number of pyridine rings is 1. The summed E-state index contributed by atoms with van der Waals surface area (Å²) in [5, 5.41) is 0. The van der Waals surface area contributed by atoms with E-state index in [0.29, 0.717) is 13.0 Å². The topological polar surface area (TPSA) is 42.4 Å². The van der Waals surface area contributed by atoms with Crippen LogP contribution in [0.5, 0.6) is 5.75 Å². The van der Waals surface area contributed by atoms with Crippen LogP contribution in [0.3, 0.4) is 0 Å². The van der Waals surface area contributed by atoms with Gasteiger partial charge in [-0.15, -0.1) is 0 Å². The fourth-order valence-corrected chi connectivity index (χ4v) is 2.51. The smallest absolute Gasteiger partial charge is 0.223 e. The number of aromatic nitrogens is 1. The van der Waals surface area contributed by atoms with Crippen molar-refractivity contribution in [3.05, 3.63) is 59.9 Å². The summed E-state index contributed by atoms with van der Waals surface area (Å²) in [6.07, 6.45) is 5.75. The highest BCUT2D eigenvalue weighted by molar-refractivity contribution is 5.76. The summed E-state index contributed by atoms with van der Waals surface area (Å²) in [5.74, 6) is 1.01. The van der Waals surface area contributed by atoms with Crippen molar-refractivity contribution in [1.29, 1.82) is 0 Å². The molecule has 0 atom stereocenters. The number of carbonyl (C=O) groups excluding carboxylic acids is 1. The molecule has 1 aromatic heterocycles. The number of ether oxygens (including phenoxy) is 1. The van der Waals surface area contributed by atoms with Crippen molar-refractivity contribution < 1.29 is 9.53 Å². The van der Waals surface area contributed by atoms with Crippen LogP contribution in [0, 0.1) is 0 Å². The largest absolute Gasteiger partial charge is 0.497 e. The van der Waals surface area contributed by atoms with Gasteiger partial charge in [-0.05, 0) is 42.2 Å². The highest BCUT2D eigenvalue weighted by Crippen LogP contribution is 2.15. The zero-order valence-electron chi connectivity index (χ0n) is 13.9. The van der Waals surface area contributed by atoms with Crippen molar-refractivity contribution >= 4 is 5.91 Å². The molecular weight excluding hydrogens is 288 g/mol. The number of nitrogens with zero attached hydrogens (tertiary/aromatic N) is 2. The highest BCUT2D eigenvalue weighted by Gasteiger charge is 2.13. The van der Waals surface area contributed by atoms with Crippen LogP contribution in [0.15, 0.2) is 48.8 Å². The Hall–Kier alpha value is -2.36. The lowest BCUT2D eigenvalue weighted by Crippen LogP contribution is -2.31. The SMILES string of the molecule is CCCN(Cc1cccnc1)C(=O)CCc1cccc(OC)c1. The molecular formula is C19H24N2O2. The molecule has 2 aromatic rings. The molecule has 1 heterocycles. The van der Waals surface area contributed by atoms with Gasteiger partial charge in [0.05, 0.1) is 7.11 Å². The normalized spacial score (nSPS) is 10.3. The van der Waals surface area contributed by atoms with Gasteiger partial charge in [0.15, 0.2) is 0 Å². The van der Waals surface area contributed by atoms with Crippen LogP contribution in [-0.4, -0.2) is 29.4 Å². The van der Waals surface area contributed by atoms with Crippen LogP contribution < -0.4 is 4.74 Å². The van der Waals surface area contributed by atoms with Crippen molar-refractivity contribution in [2.75, 3.05) is 13.7 Å². The molecule has 1 aromatic carbocycles. The maximum absolute atomic E-state index is 12.5. The molecule has 0 fully saturated rings. The van der Waals surface area contributed by atoms with Crippen molar-refractivity contribution in [2.45, 2.75) is 32.7 Å². The fourth-order valence-electron chi connectivity index (χ4n) is 2.51. The first-order chi connectivity index (χ1) is 11.2. The van der Waals surface area contributed by atoms with Crippen LogP contribution in [0.2, 0.25) is 0 Å². The van der Waals surface area contributed by atoms with Crippen LogP contribution >= 0.6 is 0 Å². The molecule has 0 unspecified atom stereocenters. The fraction of sp³-hybridized carbons (Fsp3) is 0.368. The molecule has 1 amide bonds. The number of carbonyl (C=O) groups is 1. The zero-order chi connectivity index (χ0) is 16.5. The Labute approximate surface area is 138 Å². The van der Waals surface area contributed by atoms with Crippen molar-refractivity contribution in [2.24, 2.45) is 0 Å². The molecule has 2 rings (SSSR count). The number of methoxy groups -OCH3 is 1. The Morgan fingerprint density at radius 2 is 2.04 bits per heavy atom. The summed E-state index contributed by atoms with van der Waals surface area (Å²) in [5.41, 5.74) is 2.19. The van der Waals surface area contributed by atoms with E-state index in [-0.39, 0.29) is 5.91 Å². The number of hydrogen-bond donors (Lipinski definition) is 0. The number of aryl methyl sites for hydroxylation is 1. The molecule has 0 N–H and O–H groups in total. The lowest BCUT2D eigenvalue weighted by Gasteiger charge is -2.22. The predicted octanol–water partition coefficient (Wildman–Crippen LogP) is 3.46. The average molecular weight is 312 g/mol. The maximum atomic E-state index is 12.5. The summed E-state index contributed by atoms with van der Waals surface area (Å²) in [6, 6.07) is 11.8. The monoisotopic (exact) mass is 312 g/mol. The third-order valence-corrected chi connectivity index (χ3v) is 3.70. The van der Waals surface area contributed by atoms with Crippen LogP contribution in [-0.2, 0) is 17.8 Å². The number of benzene rings is 1. The van der Waals surface area contributed by atoms with E-state index >= 15 is 0 Å². The molecule has 0 spiro atoms. The molecule has 0 saturated carbocycles. The molecule has 0 aliphatic carbocycles. The van der Waals surface area contributed by atoms with Gasteiger partial charge in [-0.2, -0.15) is 0 Å². The van der Waals surface area contributed by atoms with Gasteiger partial charge in [0.25, 0.3) is 0 Å². The first-order valence-electron chi connectivity index (χ1n) is 8.02. The summed E-state index contributed by atoms with van der Waals surface area (Å²) >= 11 is 0. The standard InChI is InChI=1S/C19H24N2O2/c1-3-12-21(15-17-7-5-11-20-14-17)19(22)10-9-16-6-4-8-18(13-16)23-2/h4-8,11,13-14H,3,9-10,12,15H2,1-2H3. The van der Waals surface area contributed by atoms with Crippen molar-refractivity contribution in [3.63, 3.8) is 0 Å². The molecule has 4 heteroatoms. The van der Waals surface area contributed by atoms with Gasteiger partial charge in [-0.1, -0.05) is 25.1 Å². The third-order valence-electron chi connectivity index (χ3n) is 3.70. The molecule has 122 valence electrons. The number of rotatable bonds is 8. The highest BCUT2D eigenvalue weighted by atomic mass is 16.5. The van der Waals surface area contributed by atoms with Gasteiger partial charge in [0.1, 0.15) is 5.75 Å². The maximum Gasteiger partial charge on any atom is 0.223 e. The second kappa shape index (κ2) is 8.93. The third kappa shape index (κ3) is 5.40. The molecule has 4 nitrogen and oxygen atoms in total. The molecule has 0 bridgehead atoms. The summed E-state index contributed by atoms with van der Waals surface area (Å²) < 4.78 is 5.22. The van der Waals surface area contributed by atoms with Gasteiger partial charge in [0, 0.05) is 31.9 Å². The van der Waals surface area contributed by atoms with Crippen LogP contribution in [0.25, 0.3) is 0 Å². The summed E-state index contributed by atoms with van der Waals surface area (Å²) in [7, 11) is 1.65. The van der Waals surface area contributed by atoms with Gasteiger partial charge in [-0.3, -0.25) is 9.78 Å². The Morgan fingerprint density at radius 3 is 2.74 bits per heavy atom. The minimum atomic E-state index is 0.179. The molecule has 23 heavy (non-hydrogen) atoms. The number of amides is 1. The first kappa shape index (κ1) is 17.0. The van der Waals surface area contributed by atoms with E-state index in [0.717, 1.165) is 36.3 Å². The first-order valence-corrected chi connectivity index (χ1v) is 8.02. The minimum absolute atomic E-state index is 0.179. The van der Waals surface area contributed by atoms with Crippen molar-refractivity contribution in [3.8, 4) is 5.75 Å². The summed E-state index contributed by atoms with van der Waals surface area (Å²) in [4.78, 5) is 18.6. The van der Waals surface area contributed by atoms with E-state index in [1.54, 1.807) is 13.3 Å². The van der Waals surface area contributed by atoms with Crippen molar-refractivity contribution in [1.82, 2.24) is 9.88 Å². The Kier molecular flexibility index (Phi) is 6.60. The zero-order valence-corrected chi connectivity index (χ0v) is 13.9. The lowest BCUT2D eigenvalue weighted by atomic mass is 10.1. The quantitative estimate of drug-likeness (QED) is 0.749. The Balaban J connectivity index is 1.94. The van der Waals surface area contributed by atoms with Crippen LogP contribution in [0.4, 0.5) is 0 Å². The lowest BCUT2D eigenvalue weighted by molar-refractivity contribution is -0.131. The van der Waals surface area contributed by atoms with Gasteiger partial charge in [-0.25, -0.2) is 0 Å². The molecule has 0 aliphatic rings. The van der Waals surface area contributed by atoms with Crippen LogP contribution in [0.1, 0.15) is 30.9 Å². The predicted molar refractivity (Wildman–Crippen MR) is 91.3 cm³/mol. The second-order valence-electron chi connectivity index (χ2n) is 5.53. The van der Waals surface area contributed by atoms with E-state index in [1.165, 1.54) is 0 Å². The molecule has 0 aliphatic heterocycles. The average Bonchev–Trinajstić information content (AvgIpc) is 2.60. The Morgan fingerprint density at radius 1 is 1.22 bits per heavy atom. The molecule has 0 radical (unpaired) electrons. The minimum Gasteiger partial charge on any atom is -0.497 e. The van der Waals surface area contributed by atoms with Gasteiger partial charge < -0.3 is 9.64 Å². The van der Waals surface area contributed by atoms with E-state index < -0.39 is 0 Å². The van der Waals surface area contributed by atoms with E-state index in [9.17, 15) is 4.79 Å². The van der Waals surface area contributed by atoms with E-state index in [1.807, 2.05) is 47.5 Å². The second-order valence-corrected chi connectivity index (χ2v) is 5.53. The van der Waals surface area contributed by atoms with E-state index in [2.05, 4.69) is 11.9 Å². The number of hydrogen-bond acceptors (Lipinski definition) is 3.